The van der Waals surface area contributed by atoms with Crippen LogP contribution in [0.1, 0.15) is 11.7 Å². The third kappa shape index (κ3) is 2.51. The van der Waals surface area contributed by atoms with Crippen LogP contribution in [0.3, 0.4) is 0 Å². The number of fused-ring (bicyclic) bond motifs is 1. The van der Waals surface area contributed by atoms with Crippen LogP contribution in [0.2, 0.25) is 0 Å². The summed E-state index contributed by atoms with van der Waals surface area (Å²) in [5.41, 5.74) is 3.31. The predicted octanol–water partition coefficient (Wildman–Crippen LogP) is 3.03. The number of hydrogen-bond donors (Lipinski definition) is 0. The fraction of sp³-hybridized carbons (Fsp3) is 0.294. The van der Waals surface area contributed by atoms with Crippen LogP contribution in [-0.2, 0) is 0 Å². The summed E-state index contributed by atoms with van der Waals surface area (Å²) in [4.78, 5) is 2.51. The fourth-order valence-corrected chi connectivity index (χ4v) is 3.95. The third-order valence-corrected chi connectivity index (χ3v) is 5.04. The van der Waals surface area contributed by atoms with Crippen molar-refractivity contribution in [2.24, 2.45) is 0 Å². The first-order valence-electron chi connectivity index (χ1n) is 7.60. The van der Waals surface area contributed by atoms with Gasteiger partial charge in [-0.1, -0.05) is 47.7 Å². The Labute approximate surface area is 134 Å². The maximum absolute atomic E-state index is 4.47. The van der Waals surface area contributed by atoms with E-state index in [9.17, 15) is 0 Å². The minimum atomic E-state index is 0.120. The quantitative estimate of drug-likeness (QED) is 0.745. The van der Waals surface area contributed by atoms with Gasteiger partial charge < -0.3 is 0 Å². The van der Waals surface area contributed by atoms with Crippen molar-refractivity contribution in [3.63, 3.8) is 0 Å². The molecular weight excluding hydrogens is 292 g/mol. The molecule has 112 valence electrons. The first kappa shape index (κ1) is 13.8. The number of aromatic nitrogens is 3. The topological polar surface area (TPSA) is 34.0 Å². The standard InChI is InChI=1S/C17H18N4S/c1-2-6-14(7-3-1)17(20-10-12-22-13-11-20)21-16-9-5-4-8-15(16)18-19-21/h1-9,17H,10-13H2. The zero-order valence-electron chi connectivity index (χ0n) is 12.3. The summed E-state index contributed by atoms with van der Waals surface area (Å²) in [5.74, 6) is 2.35. The molecule has 5 heteroatoms. The molecule has 2 heterocycles. The first-order chi connectivity index (χ1) is 10.9. The third-order valence-electron chi connectivity index (χ3n) is 4.10. The Morgan fingerprint density at radius 1 is 0.909 bits per heavy atom. The highest BCUT2D eigenvalue weighted by Crippen LogP contribution is 2.27. The van der Waals surface area contributed by atoms with Crippen molar-refractivity contribution >= 4 is 22.8 Å². The molecular formula is C17H18N4S. The molecule has 1 aliphatic rings. The summed E-state index contributed by atoms with van der Waals surface area (Å²) in [7, 11) is 0. The minimum Gasteiger partial charge on any atom is -0.276 e. The lowest BCUT2D eigenvalue weighted by Gasteiger charge is -2.34. The van der Waals surface area contributed by atoms with E-state index in [2.05, 4.69) is 62.4 Å². The van der Waals surface area contributed by atoms with Gasteiger partial charge in [0.05, 0.1) is 5.52 Å². The Bertz CT molecular complexity index is 749. The Morgan fingerprint density at radius 2 is 1.64 bits per heavy atom. The lowest BCUT2D eigenvalue weighted by molar-refractivity contribution is 0.178. The number of benzene rings is 2. The second kappa shape index (κ2) is 6.10. The molecule has 4 rings (SSSR count). The molecule has 0 N–H and O–H groups in total. The van der Waals surface area contributed by atoms with Gasteiger partial charge in [0.2, 0.25) is 0 Å². The van der Waals surface area contributed by atoms with Gasteiger partial charge in [0, 0.05) is 24.6 Å². The zero-order valence-corrected chi connectivity index (χ0v) is 13.1. The molecule has 0 bridgehead atoms. The summed E-state index contributed by atoms with van der Waals surface area (Å²) in [6, 6.07) is 18.8. The van der Waals surface area contributed by atoms with Crippen LogP contribution in [0.25, 0.3) is 11.0 Å². The summed E-state index contributed by atoms with van der Waals surface area (Å²) < 4.78 is 2.07. The molecule has 1 fully saturated rings. The van der Waals surface area contributed by atoms with Crippen LogP contribution in [0.4, 0.5) is 0 Å². The van der Waals surface area contributed by atoms with Crippen molar-refractivity contribution in [1.82, 2.24) is 19.9 Å². The molecule has 4 nitrogen and oxygen atoms in total. The van der Waals surface area contributed by atoms with Crippen LogP contribution >= 0.6 is 11.8 Å². The van der Waals surface area contributed by atoms with Gasteiger partial charge in [0.25, 0.3) is 0 Å². The fourth-order valence-electron chi connectivity index (χ4n) is 3.02. The molecule has 1 aromatic heterocycles. The second-order valence-electron chi connectivity index (χ2n) is 5.46. The van der Waals surface area contributed by atoms with Crippen molar-refractivity contribution in [2.75, 3.05) is 24.6 Å². The average molecular weight is 310 g/mol. The summed E-state index contributed by atoms with van der Waals surface area (Å²) in [6.07, 6.45) is 0.120. The van der Waals surface area contributed by atoms with Gasteiger partial charge in [-0.15, -0.1) is 5.10 Å². The molecule has 22 heavy (non-hydrogen) atoms. The molecule has 0 amide bonds. The molecule has 1 atom stereocenters. The van der Waals surface area contributed by atoms with Gasteiger partial charge in [-0.25, -0.2) is 4.68 Å². The molecule has 1 saturated heterocycles. The van der Waals surface area contributed by atoms with Crippen LogP contribution in [0.5, 0.6) is 0 Å². The summed E-state index contributed by atoms with van der Waals surface area (Å²) in [6.45, 7) is 2.16. The highest BCUT2D eigenvalue weighted by molar-refractivity contribution is 7.99. The molecule has 0 spiro atoms. The zero-order chi connectivity index (χ0) is 14.8. The summed E-state index contributed by atoms with van der Waals surface area (Å²) >= 11 is 2.03. The molecule has 0 aliphatic carbocycles. The van der Waals surface area contributed by atoms with Crippen LogP contribution in [0, 0.1) is 0 Å². The number of hydrogen-bond acceptors (Lipinski definition) is 4. The first-order valence-corrected chi connectivity index (χ1v) is 8.75. The molecule has 3 aromatic rings. The van der Waals surface area contributed by atoms with E-state index in [1.165, 1.54) is 17.1 Å². The van der Waals surface area contributed by atoms with E-state index in [0.717, 1.165) is 24.1 Å². The number of nitrogens with zero attached hydrogens (tertiary/aromatic N) is 4. The molecule has 1 aliphatic heterocycles. The van der Waals surface area contributed by atoms with Gasteiger partial charge >= 0.3 is 0 Å². The van der Waals surface area contributed by atoms with Crippen LogP contribution in [-0.4, -0.2) is 44.5 Å². The van der Waals surface area contributed by atoms with Crippen molar-refractivity contribution in [2.45, 2.75) is 6.17 Å². The van der Waals surface area contributed by atoms with Crippen molar-refractivity contribution in [3.8, 4) is 0 Å². The lowest BCUT2D eigenvalue weighted by Crippen LogP contribution is -2.39. The predicted molar refractivity (Wildman–Crippen MR) is 91.0 cm³/mol. The highest BCUT2D eigenvalue weighted by Gasteiger charge is 2.26. The number of thioether (sulfide) groups is 1. The maximum atomic E-state index is 4.47. The smallest absolute Gasteiger partial charge is 0.132 e. The molecule has 0 saturated carbocycles. The van der Waals surface area contributed by atoms with E-state index in [4.69, 9.17) is 0 Å². The average Bonchev–Trinajstić information content (AvgIpc) is 3.01. The molecule has 1 unspecified atom stereocenters. The monoisotopic (exact) mass is 310 g/mol. The Morgan fingerprint density at radius 3 is 2.45 bits per heavy atom. The van der Waals surface area contributed by atoms with Crippen molar-refractivity contribution < 1.29 is 0 Å². The van der Waals surface area contributed by atoms with Gasteiger partial charge in [0.15, 0.2) is 0 Å². The second-order valence-corrected chi connectivity index (χ2v) is 6.68. The van der Waals surface area contributed by atoms with E-state index in [0.29, 0.717) is 0 Å². The van der Waals surface area contributed by atoms with Gasteiger partial charge in [-0.3, -0.25) is 4.90 Å². The van der Waals surface area contributed by atoms with E-state index < -0.39 is 0 Å². The largest absolute Gasteiger partial charge is 0.276 e. The lowest BCUT2D eigenvalue weighted by atomic mass is 10.1. The van der Waals surface area contributed by atoms with Crippen LogP contribution in [0.15, 0.2) is 54.6 Å². The SMILES string of the molecule is c1ccc(C(N2CCSCC2)n2nnc3ccccc32)cc1. The van der Waals surface area contributed by atoms with Crippen molar-refractivity contribution in [1.29, 1.82) is 0 Å². The van der Waals surface area contributed by atoms with Gasteiger partial charge in [-0.05, 0) is 17.7 Å². The number of para-hydroxylation sites is 1. The summed E-state index contributed by atoms with van der Waals surface area (Å²) in [5, 5.41) is 8.81. The van der Waals surface area contributed by atoms with E-state index >= 15 is 0 Å². The Hall–Kier alpha value is -1.85. The van der Waals surface area contributed by atoms with E-state index in [1.54, 1.807) is 0 Å². The highest BCUT2D eigenvalue weighted by atomic mass is 32.2. The van der Waals surface area contributed by atoms with E-state index in [1.807, 2.05) is 23.9 Å². The Kier molecular flexibility index (Phi) is 3.83. The maximum Gasteiger partial charge on any atom is 0.132 e. The number of rotatable bonds is 3. The molecule has 0 radical (unpaired) electrons. The van der Waals surface area contributed by atoms with Crippen molar-refractivity contribution in [3.05, 3.63) is 60.2 Å². The normalized spacial score (nSPS) is 17.6. The van der Waals surface area contributed by atoms with Crippen LogP contribution < -0.4 is 0 Å². The van der Waals surface area contributed by atoms with E-state index in [-0.39, 0.29) is 6.17 Å². The van der Waals surface area contributed by atoms with Gasteiger partial charge in [0.1, 0.15) is 11.7 Å². The molecule has 2 aromatic carbocycles. The Balaban J connectivity index is 1.83. The minimum absolute atomic E-state index is 0.120. The van der Waals surface area contributed by atoms with Gasteiger partial charge in [-0.2, -0.15) is 11.8 Å².